The monoisotopic (exact) mass is 363 g/mol. The zero-order chi connectivity index (χ0) is 19.4. The zero-order valence-electron chi connectivity index (χ0n) is 16.2. The Bertz CT molecular complexity index is 966. The second kappa shape index (κ2) is 7.66. The van der Waals surface area contributed by atoms with E-state index in [9.17, 15) is 4.79 Å². The van der Waals surface area contributed by atoms with Crippen LogP contribution in [0.15, 0.2) is 59.7 Å². The molecule has 3 rings (SSSR count). The summed E-state index contributed by atoms with van der Waals surface area (Å²) in [5.41, 5.74) is 6.33. The van der Waals surface area contributed by atoms with E-state index in [0.29, 0.717) is 0 Å². The van der Waals surface area contributed by atoms with Crippen LogP contribution in [0.2, 0.25) is 0 Å². The van der Waals surface area contributed by atoms with E-state index in [1.807, 2.05) is 51.1 Å². The molecule has 0 bridgehead atoms. The first-order chi connectivity index (χ1) is 12.8. The third kappa shape index (κ3) is 4.56. The Balaban J connectivity index is 1.89. The van der Waals surface area contributed by atoms with E-state index < -0.39 is 11.7 Å². The zero-order valence-corrected chi connectivity index (χ0v) is 16.2. The number of hydrazone groups is 1. The molecule has 0 aliphatic rings. The van der Waals surface area contributed by atoms with Crippen molar-refractivity contribution >= 4 is 23.2 Å². The Morgan fingerprint density at radius 2 is 1.78 bits per heavy atom. The van der Waals surface area contributed by atoms with Crippen molar-refractivity contribution in [2.24, 2.45) is 5.10 Å². The third-order valence-corrected chi connectivity index (χ3v) is 4.21. The predicted octanol–water partition coefficient (Wildman–Crippen LogP) is 4.86. The Kier molecular flexibility index (Phi) is 5.31. The van der Waals surface area contributed by atoms with Crippen molar-refractivity contribution in [3.8, 4) is 0 Å². The van der Waals surface area contributed by atoms with Gasteiger partial charge in [-0.05, 0) is 39.3 Å². The Morgan fingerprint density at radius 1 is 1.11 bits per heavy atom. The Labute approximate surface area is 159 Å². The number of fused-ring (bicyclic) bond motifs is 1. The average Bonchev–Trinajstić information content (AvgIpc) is 2.87. The van der Waals surface area contributed by atoms with Gasteiger partial charge in [-0.2, -0.15) is 5.10 Å². The number of hydrogen-bond acceptors (Lipinski definition) is 3. The molecule has 0 saturated carbocycles. The lowest BCUT2D eigenvalue weighted by atomic mass is 10.1. The molecular formula is C22H25N3O2. The van der Waals surface area contributed by atoms with Crippen molar-refractivity contribution in [1.29, 1.82) is 0 Å². The fourth-order valence-electron chi connectivity index (χ4n) is 3.04. The molecule has 0 atom stereocenters. The van der Waals surface area contributed by atoms with E-state index in [1.54, 1.807) is 6.21 Å². The second-order valence-corrected chi connectivity index (χ2v) is 7.46. The number of carbonyl (C=O) groups excluding carboxylic acids is 1. The van der Waals surface area contributed by atoms with Crippen LogP contribution in [0.3, 0.4) is 0 Å². The van der Waals surface area contributed by atoms with Crippen LogP contribution in [-0.2, 0) is 11.3 Å². The maximum Gasteiger partial charge on any atom is 0.428 e. The van der Waals surface area contributed by atoms with Gasteiger partial charge in [-0.15, -0.1) is 0 Å². The molecule has 0 radical (unpaired) electrons. The molecule has 140 valence electrons. The number of hydrogen-bond donors (Lipinski definition) is 1. The molecule has 1 amide bonds. The van der Waals surface area contributed by atoms with E-state index in [-0.39, 0.29) is 0 Å². The molecule has 1 N–H and O–H groups in total. The van der Waals surface area contributed by atoms with Gasteiger partial charge in [-0.1, -0.05) is 48.5 Å². The quantitative estimate of drug-likeness (QED) is 0.532. The molecule has 5 heteroatoms. The maximum atomic E-state index is 11.8. The fourth-order valence-corrected chi connectivity index (χ4v) is 3.04. The highest BCUT2D eigenvalue weighted by atomic mass is 16.6. The van der Waals surface area contributed by atoms with Gasteiger partial charge >= 0.3 is 6.09 Å². The number of rotatable bonds is 4. The van der Waals surface area contributed by atoms with Crippen molar-refractivity contribution < 1.29 is 9.53 Å². The van der Waals surface area contributed by atoms with Crippen LogP contribution < -0.4 is 5.43 Å². The number of carbonyl (C=O) groups is 1. The van der Waals surface area contributed by atoms with Gasteiger partial charge in [0.05, 0.1) is 6.21 Å². The van der Waals surface area contributed by atoms with Gasteiger partial charge in [-0.3, -0.25) is 0 Å². The van der Waals surface area contributed by atoms with Crippen molar-refractivity contribution in [3.63, 3.8) is 0 Å². The Morgan fingerprint density at radius 3 is 2.48 bits per heavy atom. The van der Waals surface area contributed by atoms with Gasteiger partial charge in [0, 0.05) is 28.7 Å². The number of nitrogens with one attached hydrogen (secondary N) is 1. The van der Waals surface area contributed by atoms with Crippen LogP contribution in [0.5, 0.6) is 0 Å². The summed E-state index contributed by atoms with van der Waals surface area (Å²) in [5, 5.41) is 5.19. The lowest BCUT2D eigenvalue weighted by Gasteiger charge is -2.18. The minimum atomic E-state index is -0.565. The fraction of sp³-hybridized carbons (Fsp3) is 0.273. The van der Waals surface area contributed by atoms with Gasteiger partial charge < -0.3 is 9.30 Å². The summed E-state index contributed by atoms with van der Waals surface area (Å²) < 4.78 is 7.47. The molecule has 0 unspecified atom stereocenters. The molecule has 3 aromatic rings. The second-order valence-electron chi connectivity index (χ2n) is 7.46. The van der Waals surface area contributed by atoms with Crippen molar-refractivity contribution in [2.45, 2.75) is 39.8 Å². The highest BCUT2D eigenvalue weighted by Crippen LogP contribution is 2.25. The minimum Gasteiger partial charge on any atom is -0.443 e. The van der Waals surface area contributed by atoms with Crippen LogP contribution >= 0.6 is 0 Å². The SMILES string of the molecule is Cc1c(/C=N/NC(=O)OC(C)(C)C)c2ccccc2n1Cc1ccccc1. The molecule has 0 aliphatic heterocycles. The topological polar surface area (TPSA) is 55.6 Å². The Hall–Kier alpha value is -3.08. The number of benzene rings is 2. The number of nitrogens with zero attached hydrogens (tertiary/aromatic N) is 2. The highest BCUT2D eigenvalue weighted by molar-refractivity contribution is 6.01. The maximum absolute atomic E-state index is 11.8. The third-order valence-electron chi connectivity index (χ3n) is 4.21. The molecule has 0 fully saturated rings. The molecular weight excluding hydrogens is 338 g/mol. The molecule has 2 aromatic carbocycles. The summed E-state index contributed by atoms with van der Waals surface area (Å²) in [6.45, 7) is 8.30. The van der Waals surface area contributed by atoms with E-state index in [0.717, 1.165) is 28.7 Å². The average molecular weight is 363 g/mol. The van der Waals surface area contributed by atoms with Crippen LogP contribution in [0, 0.1) is 6.92 Å². The first-order valence-electron chi connectivity index (χ1n) is 8.99. The number of para-hydroxylation sites is 1. The molecule has 1 heterocycles. The summed E-state index contributed by atoms with van der Waals surface area (Å²) in [7, 11) is 0. The van der Waals surface area contributed by atoms with Crippen molar-refractivity contribution in [1.82, 2.24) is 9.99 Å². The first-order valence-corrected chi connectivity index (χ1v) is 8.99. The van der Waals surface area contributed by atoms with E-state index in [2.05, 4.69) is 46.3 Å². The number of amides is 1. The van der Waals surface area contributed by atoms with Gasteiger partial charge in [0.1, 0.15) is 5.60 Å². The molecule has 0 aliphatic carbocycles. The lowest BCUT2D eigenvalue weighted by molar-refractivity contribution is 0.0529. The summed E-state index contributed by atoms with van der Waals surface area (Å²) in [5.74, 6) is 0. The van der Waals surface area contributed by atoms with Gasteiger partial charge in [0.25, 0.3) is 0 Å². The van der Waals surface area contributed by atoms with Crippen LogP contribution in [0.25, 0.3) is 10.9 Å². The van der Waals surface area contributed by atoms with Crippen molar-refractivity contribution in [2.75, 3.05) is 0 Å². The predicted molar refractivity (Wildman–Crippen MR) is 109 cm³/mol. The number of ether oxygens (including phenoxy) is 1. The van der Waals surface area contributed by atoms with Gasteiger partial charge in [-0.25, -0.2) is 10.2 Å². The summed E-state index contributed by atoms with van der Waals surface area (Å²) in [6, 6.07) is 18.6. The summed E-state index contributed by atoms with van der Waals surface area (Å²) in [6.07, 6.45) is 1.12. The number of aromatic nitrogens is 1. The summed E-state index contributed by atoms with van der Waals surface area (Å²) >= 11 is 0. The van der Waals surface area contributed by atoms with Gasteiger partial charge in [0.15, 0.2) is 0 Å². The molecule has 27 heavy (non-hydrogen) atoms. The van der Waals surface area contributed by atoms with Gasteiger partial charge in [0.2, 0.25) is 0 Å². The largest absolute Gasteiger partial charge is 0.443 e. The molecule has 1 aromatic heterocycles. The van der Waals surface area contributed by atoms with Crippen LogP contribution in [0.4, 0.5) is 4.79 Å². The highest BCUT2D eigenvalue weighted by Gasteiger charge is 2.16. The van der Waals surface area contributed by atoms with Crippen LogP contribution in [-0.4, -0.2) is 22.5 Å². The van der Waals surface area contributed by atoms with E-state index in [4.69, 9.17) is 4.74 Å². The molecule has 5 nitrogen and oxygen atoms in total. The normalized spacial score (nSPS) is 11.9. The smallest absolute Gasteiger partial charge is 0.428 e. The minimum absolute atomic E-state index is 0.554. The standard InChI is InChI=1S/C22H25N3O2/c1-16-19(14-23-24-21(26)27-22(2,3)4)18-12-8-9-13-20(18)25(16)15-17-10-6-5-7-11-17/h5-14H,15H2,1-4H3,(H,24,26)/b23-14+. The van der Waals surface area contributed by atoms with Crippen molar-refractivity contribution in [3.05, 3.63) is 71.4 Å². The summed E-state index contributed by atoms with van der Waals surface area (Å²) in [4.78, 5) is 11.8. The molecule has 0 spiro atoms. The van der Waals surface area contributed by atoms with E-state index in [1.165, 1.54) is 5.56 Å². The van der Waals surface area contributed by atoms with E-state index >= 15 is 0 Å². The van der Waals surface area contributed by atoms with Crippen LogP contribution in [0.1, 0.15) is 37.6 Å². The lowest BCUT2D eigenvalue weighted by Crippen LogP contribution is -2.29. The first kappa shape index (κ1) is 18.7. The molecule has 0 saturated heterocycles.